The second-order valence-corrected chi connectivity index (χ2v) is 6.79. The standard InChI is InChI=1S/C16H21NO3/c1-15(2)9-19-14(20-16(15,3)4)10-5-6-12-11(7-10)8-17-13(12)18/h5-8,12,14H,9H2,1-4H3,(H,17,18). The van der Waals surface area contributed by atoms with Gasteiger partial charge < -0.3 is 14.8 Å². The zero-order valence-electron chi connectivity index (χ0n) is 12.4. The van der Waals surface area contributed by atoms with Crippen LogP contribution in [0.4, 0.5) is 0 Å². The van der Waals surface area contributed by atoms with Gasteiger partial charge in [0, 0.05) is 17.2 Å². The van der Waals surface area contributed by atoms with E-state index in [1.807, 2.05) is 18.2 Å². The summed E-state index contributed by atoms with van der Waals surface area (Å²) < 4.78 is 12.0. The Morgan fingerprint density at radius 3 is 2.70 bits per heavy atom. The maximum atomic E-state index is 11.6. The quantitative estimate of drug-likeness (QED) is 0.798. The Morgan fingerprint density at radius 1 is 1.25 bits per heavy atom. The van der Waals surface area contributed by atoms with E-state index in [-0.39, 0.29) is 29.1 Å². The highest BCUT2D eigenvalue weighted by Gasteiger charge is 2.45. The summed E-state index contributed by atoms with van der Waals surface area (Å²) in [4.78, 5) is 11.6. The molecule has 20 heavy (non-hydrogen) atoms. The minimum atomic E-state index is -0.369. The van der Waals surface area contributed by atoms with Gasteiger partial charge >= 0.3 is 0 Å². The van der Waals surface area contributed by atoms with Crippen LogP contribution in [0.1, 0.15) is 27.7 Å². The maximum absolute atomic E-state index is 11.6. The van der Waals surface area contributed by atoms with Crippen molar-refractivity contribution in [2.24, 2.45) is 11.3 Å². The Balaban J connectivity index is 1.81. The maximum Gasteiger partial charge on any atom is 0.235 e. The molecule has 2 aliphatic heterocycles. The van der Waals surface area contributed by atoms with Gasteiger partial charge in [0.25, 0.3) is 0 Å². The number of allylic oxidation sites excluding steroid dienone is 1. The lowest BCUT2D eigenvalue weighted by atomic mass is 9.77. The summed E-state index contributed by atoms with van der Waals surface area (Å²) in [5.41, 5.74) is 1.64. The van der Waals surface area contributed by atoms with Crippen molar-refractivity contribution in [2.75, 3.05) is 6.61 Å². The molecule has 0 aromatic carbocycles. The summed E-state index contributed by atoms with van der Waals surface area (Å²) in [6, 6.07) is 0. The fourth-order valence-corrected chi connectivity index (χ4v) is 2.49. The molecule has 1 saturated heterocycles. The molecular formula is C16H21NO3. The third kappa shape index (κ3) is 2.03. The first-order valence-electron chi connectivity index (χ1n) is 7.00. The van der Waals surface area contributed by atoms with Gasteiger partial charge in [0.2, 0.25) is 5.91 Å². The summed E-state index contributed by atoms with van der Waals surface area (Å²) in [7, 11) is 0. The number of ether oxygens (including phenoxy) is 2. The molecule has 2 atom stereocenters. The van der Waals surface area contributed by atoms with Crippen molar-refractivity contribution in [3.63, 3.8) is 0 Å². The fraction of sp³-hybridized carbons (Fsp3) is 0.562. The predicted octanol–water partition coefficient (Wildman–Crippen LogP) is 2.29. The minimum absolute atomic E-state index is 0.0264. The van der Waals surface area contributed by atoms with Crippen LogP contribution in [-0.2, 0) is 14.3 Å². The molecule has 1 amide bonds. The van der Waals surface area contributed by atoms with E-state index in [1.54, 1.807) is 6.20 Å². The van der Waals surface area contributed by atoms with Crippen LogP contribution >= 0.6 is 0 Å². The number of carbonyl (C=O) groups is 1. The van der Waals surface area contributed by atoms with Crippen LogP contribution in [-0.4, -0.2) is 24.4 Å². The Morgan fingerprint density at radius 2 is 2.00 bits per heavy atom. The first kappa shape index (κ1) is 13.6. The van der Waals surface area contributed by atoms with Crippen LogP contribution in [0, 0.1) is 11.3 Å². The molecule has 1 aliphatic carbocycles. The molecule has 0 spiro atoms. The first-order valence-corrected chi connectivity index (χ1v) is 7.00. The highest BCUT2D eigenvalue weighted by atomic mass is 16.7. The van der Waals surface area contributed by atoms with Crippen molar-refractivity contribution in [2.45, 2.75) is 39.6 Å². The zero-order valence-corrected chi connectivity index (χ0v) is 12.4. The number of carbonyl (C=O) groups excluding carboxylic acids is 1. The van der Waals surface area contributed by atoms with Crippen molar-refractivity contribution in [3.05, 3.63) is 35.6 Å². The van der Waals surface area contributed by atoms with E-state index in [1.165, 1.54) is 0 Å². The predicted molar refractivity (Wildman–Crippen MR) is 75.6 cm³/mol. The van der Waals surface area contributed by atoms with Gasteiger partial charge in [-0.1, -0.05) is 26.0 Å². The molecule has 2 unspecified atom stereocenters. The molecule has 0 aromatic heterocycles. The van der Waals surface area contributed by atoms with Crippen molar-refractivity contribution in [3.8, 4) is 0 Å². The van der Waals surface area contributed by atoms with Crippen LogP contribution in [0.25, 0.3) is 0 Å². The molecule has 4 nitrogen and oxygen atoms in total. The van der Waals surface area contributed by atoms with Gasteiger partial charge in [0.1, 0.15) is 0 Å². The monoisotopic (exact) mass is 275 g/mol. The van der Waals surface area contributed by atoms with E-state index < -0.39 is 0 Å². The average molecular weight is 275 g/mol. The van der Waals surface area contributed by atoms with Crippen molar-refractivity contribution in [1.29, 1.82) is 0 Å². The van der Waals surface area contributed by atoms with Gasteiger partial charge in [-0.15, -0.1) is 0 Å². The van der Waals surface area contributed by atoms with Crippen LogP contribution in [0.15, 0.2) is 35.6 Å². The lowest BCUT2D eigenvalue weighted by Crippen LogP contribution is -2.53. The number of fused-ring (bicyclic) bond motifs is 1. The zero-order chi connectivity index (χ0) is 14.5. The second kappa shape index (κ2) is 4.30. The molecule has 4 heteroatoms. The molecular weight excluding hydrogens is 254 g/mol. The van der Waals surface area contributed by atoms with Crippen LogP contribution in [0.3, 0.4) is 0 Å². The van der Waals surface area contributed by atoms with Crippen LogP contribution in [0.2, 0.25) is 0 Å². The van der Waals surface area contributed by atoms with Gasteiger partial charge in [-0.25, -0.2) is 0 Å². The van der Waals surface area contributed by atoms with E-state index in [0.717, 1.165) is 11.1 Å². The first-order chi connectivity index (χ1) is 9.30. The van der Waals surface area contributed by atoms with Crippen molar-refractivity contribution < 1.29 is 14.3 Å². The lowest BCUT2D eigenvalue weighted by molar-refractivity contribution is -0.279. The lowest BCUT2D eigenvalue weighted by Gasteiger charge is -2.48. The number of nitrogens with one attached hydrogen (secondary N) is 1. The fourth-order valence-electron chi connectivity index (χ4n) is 2.49. The van der Waals surface area contributed by atoms with Crippen LogP contribution in [0.5, 0.6) is 0 Å². The molecule has 0 aromatic rings. The highest BCUT2D eigenvalue weighted by molar-refractivity contribution is 5.89. The number of amides is 1. The second-order valence-electron chi connectivity index (χ2n) is 6.79. The molecule has 0 saturated carbocycles. The topological polar surface area (TPSA) is 47.6 Å². The Hall–Kier alpha value is -1.39. The molecule has 108 valence electrons. The molecule has 2 heterocycles. The molecule has 1 fully saturated rings. The van der Waals surface area contributed by atoms with E-state index in [4.69, 9.17) is 9.47 Å². The van der Waals surface area contributed by atoms with E-state index in [0.29, 0.717) is 6.61 Å². The SMILES string of the molecule is CC1(C)COC(C2=CC3=CNC(=O)C3C=C2)OC1(C)C. The normalized spacial score (nSPS) is 34.1. The molecule has 3 aliphatic rings. The number of hydrogen-bond donors (Lipinski definition) is 1. The van der Waals surface area contributed by atoms with Gasteiger partial charge in [0.15, 0.2) is 6.29 Å². The molecule has 1 N–H and O–H groups in total. The third-order valence-electron chi connectivity index (χ3n) is 4.74. The summed E-state index contributed by atoms with van der Waals surface area (Å²) in [6.07, 6.45) is 7.22. The molecule has 3 rings (SSSR count). The Bertz CT molecular complexity index is 540. The van der Waals surface area contributed by atoms with E-state index >= 15 is 0 Å². The average Bonchev–Trinajstić information content (AvgIpc) is 2.74. The van der Waals surface area contributed by atoms with Gasteiger partial charge in [-0.05, 0) is 25.5 Å². The molecule has 0 radical (unpaired) electrons. The van der Waals surface area contributed by atoms with Gasteiger partial charge in [0.05, 0.1) is 18.1 Å². The summed E-state index contributed by atoms with van der Waals surface area (Å²) >= 11 is 0. The smallest absolute Gasteiger partial charge is 0.235 e. The Kier molecular flexibility index (Phi) is 2.92. The van der Waals surface area contributed by atoms with Gasteiger partial charge in [-0.3, -0.25) is 4.79 Å². The molecule has 0 bridgehead atoms. The third-order valence-corrected chi connectivity index (χ3v) is 4.74. The summed E-state index contributed by atoms with van der Waals surface area (Å²) in [6.45, 7) is 9.13. The highest BCUT2D eigenvalue weighted by Crippen LogP contribution is 2.41. The van der Waals surface area contributed by atoms with E-state index in [9.17, 15) is 4.79 Å². The van der Waals surface area contributed by atoms with Crippen molar-refractivity contribution >= 4 is 5.91 Å². The van der Waals surface area contributed by atoms with Crippen LogP contribution < -0.4 is 5.32 Å². The number of rotatable bonds is 1. The minimum Gasteiger partial charge on any atom is -0.348 e. The number of hydrogen-bond acceptors (Lipinski definition) is 3. The summed E-state index contributed by atoms with van der Waals surface area (Å²) in [5, 5.41) is 2.74. The Labute approximate surface area is 119 Å². The largest absolute Gasteiger partial charge is 0.348 e. The van der Waals surface area contributed by atoms with E-state index in [2.05, 4.69) is 33.0 Å². The van der Waals surface area contributed by atoms with Gasteiger partial charge in [-0.2, -0.15) is 0 Å². The van der Waals surface area contributed by atoms with Crippen molar-refractivity contribution in [1.82, 2.24) is 5.32 Å². The summed E-state index contributed by atoms with van der Waals surface area (Å²) in [5.74, 6) is -0.134.